The molecule has 0 unspecified atom stereocenters. The fourth-order valence-electron chi connectivity index (χ4n) is 2.31. The number of nitrogens with zero attached hydrogens (tertiary/aromatic N) is 2. The minimum atomic E-state index is -0.939. The van der Waals surface area contributed by atoms with Gasteiger partial charge < -0.3 is 10.1 Å². The number of nitrogens with one attached hydrogen (secondary N) is 1. The van der Waals surface area contributed by atoms with E-state index < -0.39 is 22.2 Å². The molecule has 8 heteroatoms. The first kappa shape index (κ1) is 17.3. The van der Waals surface area contributed by atoms with Crippen molar-refractivity contribution in [3.05, 3.63) is 88.2 Å². The zero-order valence-corrected chi connectivity index (χ0v) is 13.4. The van der Waals surface area contributed by atoms with Crippen molar-refractivity contribution in [1.29, 1.82) is 0 Å². The van der Waals surface area contributed by atoms with Gasteiger partial charge in [-0.3, -0.25) is 15.1 Å². The van der Waals surface area contributed by atoms with Gasteiger partial charge in [0.2, 0.25) is 5.82 Å². The number of para-hydroxylation sites is 1. The Morgan fingerprint density at radius 2 is 1.96 bits per heavy atom. The second-order valence-electron chi connectivity index (χ2n) is 5.30. The van der Waals surface area contributed by atoms with E-state index in [2.05, 4.69) is 10.3 Å². The van der Waals surface area contributed by atoms with Crippen LogP contribution in [0, 0.1) is 21.7 Å². The minimum Gasteiger partial charge on any atom is -0.453 e. The average molecular weight is 357 g/mol. The van der Waals surface area contributed by atoms with Crippen LogP contribution in [0.25, 0.3) is 0 Å². The summed E-state index contributed by atoms with van der Waals surface area (Å²) in [7, 11) is 0. The predicted octanol–water partition coefficient (Wildman–Crippen LogP) is 4.67. The van der Waals surface area contributed by atoms with E-state index in [0.717, 1.165) is 6.07 Å². The molecule has 1 heterocycles. The number of ether oxygens (including phenoxy) is 1. The van der Waals surface area contributed by atoms with Crippen molar-refractivity contribution in [2.75, 3.05) is 5.32 Å². The van der Waals surface area contributed by atoms with Crippen LogP contribution in [-0.4, -0.2) is 9.91 Å². The van der Waals surface area contributed by atoms with Crippen molar-refractivity contribution in [2.45, 2.75) is 6.54 Å². The van der Waals surface area contributed by atoms with Crippen LogP contribution in [-0.2, 0) is 6.54 Å². The van der Waals surface area contributed by atoms with Crippen LogP contribution in [0.3, 0.4) is 0 Å². The molecule has 0 amide bonds. The zero-order valence-electron chi connectivity index (χ0n) is 13.4. The largest absolute Gasteiger partial charge is 0.453 e. The van der Waals surface area contributed by atoms with Crippen LogP contribution in [0.2, 0.25) is 0 Å². The second kappa shape index (κ2) is 7.56. The highest BCUT2D eigenvalue weighted by atomic mass is 19.1. The summed E-state index contributed by atoms with van der Waals surface area (Å²) in [5, 5.41) is 13.7. The van der Waals surface area contributed by atoms with Crippen molar-refractivity contribution in [1.82, 2.24) is 4.98 Å². The molecule has 0 aliphatic heterocycles. The van der Waals surface area contributed by atoms with E-state index in [-0.39, 0.29) is 18.0 Å². The van der Waals surface area contributed by atoms with E-state index in [1.165, 1.54) is 30.5 Å². The molecule has 3 rings (SSSR count). The molecule has 132 valence electrons. The second-order valence-corrected chi connectivity index (χ2v) is 5.30. The molecule has 0 saturated carbocycles. The van der Waals surface area contributed by atoms with Gasteiger partial charge in [0.1, 0.15) is 11.4 Å². The number of hydrogen-bond acceptors (Lipinski definition) is 5. The Kier molecular flexibility index (Phi) is 5.02. The SMILES string of the molecule is O=[N+]([O-])c1c(F)cccc1NCc1ccc(Oc2cccnc2)c(F)c1. The maximum atomic E-state index is 14.2. The van der Waals surface area contributed by atoms with Gasteiger partial charge in [-0.25, -0.2) is 4.39 Å². The molecule has 0 aliphatic rings. The molecular weight excluding hydrogens is 344 g/mol. The highest BCUT2D eigenvalue weighted by Gasteiger charge is 2.19. The monoisotopic (exact) mass is 357 g/mol. The maximum absolute atomic E-state index is 14.2. The Morgan fingerprint density at radius 1 is 1.12 bits per heavy atom. The molecule has 0 saturated heterocycles. The van der Waals surface area contributed by atoms with Gasteiger partial charge in [0.25, 0.3) is 0 Å². The lowest BCUT2D eigenvalue weighted by Crippen LogP contribution is -2.04. The van der Waals surface area contributed by atoms with Gasteiger partial charge in [0, 0.05) is 12.7 Å². The Balaban J connectivity index is 1.73. The molecule has 3 aromatic rings. The predicted molar refractivity (Wildman–Crippen MR) is 91.1 cm³/mol. The van der Waals surface area contributed by atoms with E-state index in [4.69, 9.17) is 4.74 Å². The molecular formula is C18H13F2N3O3. The van der Waals surface area contributed by atoms with Gasteiger partial charge in [0.15, 0.2) is 11.6 Å². The van der Waals surface area contributed by atoms with E-state index in [9.17, 15) is 18.9 Å². The first-order chi connectivity index (χ1) is 12.5. The van der Waals surface area contributed by atoms with Crippen molar-refractivity contribution in [3.63, 3.8) is 0 Å². The smallest absolute Gasteiger partial charge is 0.327 e. The third kappa shape index (κ3) is 3.92. The van der Waals surface area contributed by atoms with Crippen LogP contribution in [0.4, 0.5) is 20.2 Å². The average Bonchev–Trinajstić information content (AvgIpc) is 2.62. The molecule has 0 fully saturated rings. The Labute approximate surface area is 147 Å². The number of nitro groups is 1. The molecule has 0 bridgehead atoms. The highest BCUT2D eigenvalue weighted by molar-refractivity contribution is 5.62. The number of pyridine rings is 1. The summed E-state index contributed by atoms with van der Waals surface area (Å²) in [5.74, 6) is -1.11. The molecule has 1 N–H and O–H groups in total. The molecule has 1 aromatic heterocycles. The molecule has 0 atom stereocenters. The fraction of sp³-hybridized carbons (Fsp3) is 0.0556. The van der Waals surface area contributed by atoms with Crippen LogP contribution in [0.5, 0.6) is 11.5 Å². The molecule has 26 heavy (non-hydrogen) atoms. The summed E-state index contributed by atoms with van der Waals surface area (Å²) in [6.07, 6.45) is 3.03. The summed E-state index contributed by atoms with van der Waals surface area (Å²) in [6, 6.07) is 11.3. The van der Waals surface area contributed by atoms with Crippen LogP contribution in [0.1, 0.15) is 5.56 Å². The number of nitro benzene ring substituents is 1. The Morgan fingerprint density at radius 3 is 2.65 bits per heavy atom. The quantitative estimate of drug-likeness (QED) is 0.512. The summed E-state index contributed by atoms with van der Waals surface area (Å²) in [4.78, 5) is 14.0. The zero-order chi connectivity index (χ0) is 18.5. The molecule has 0 aliphatic carbocycles. The van der Waals surface area contributed by atoms with Crippen molar-refractivity contribution in [2.24, 2.45) is 0 Å². The lowest BCUT2D eigenvalue weighted by molar-refractivity contribution is -0.386. The molecule has 0 radical (unpaired) electrons. The summed E-state index contributed by atoms with van der Waals surface area (Å²) >= 11 is 0. The van der Waals surface area contributed by atoms with Crippen LogP contribution < -0.4 is 10.1 Å². The third-order valence-corrected chi connectivity index (χ3v) is 3.51. The van der Waals surface area contributed by atoms with E-state index in [1.807, 2.05) is 0 Å². The lowest BCUT2D eigenvalue weighted by Gasteiger charge is -2.10. The minimum absolute atomic E-state index is 0.0195. The van der Waals surface area contributed by atoms with Crippen LogP contribution in [0.15, 0.2) is 60.9 Å². The first-order valence-corrected chi connectivity index (χ1v) is 7.57. The number of benzene rings is 2. The van der Waals surface area contributed by atoms with Gasteiger partial charge >= 0.3 is 5.69 Å². The van der Waals surface area contributed by atoms with Gasteiger partial charge in [-0.15, -0.1) is 0 Å². The molecule has 2 aromatic carbocycles. The topological polar surface area (TPSA) is 77.3 Å². The summed E-state index contributed by atoms with van der Waals surface area (Å²) < 4.78 is 33.2. The first-order valence-electron chi connectivity index (χ1n) is 7.57. The number of halogens is 2. The van der Waals surface area contributed by atoms with E-state index in [1.54, 1.807) is 24.4 Å². The Bertz CT molecular complexity index is 936. The highest BCUT2D eigenvalue weighted by Crippen LogP contribution is 2.28. The van der Waals surface area contributed by atoms with Gasteiger partial charge in [-0.2, -0.15) is 4.39 Å². The Hall–Kier alpha value is -3.55. The van der Waals surface area contributed by atoms with Gasteiger partial charge in [0.05, 0.1) is 11.1 Å². The summed E-state index contributed by atoms with van der Waals surface area (Å²) in [5.41, 5.74) is -0.116. The number of aromatic nitrogens is 1. The van der Waals surface area contributed by atoms with Gasteiger partial charge in [-0.05, 0) is 42.0 Å². The van der Waals surface area contributed by atoms with Crippen molar-refractivity contribution in [3.8, 4) is 11.5 Å². The standard InChI is InChI=1S/C18H13F2N3O3/c19-14-4-1-5-16(18(14)23(24)25)22-10-12-6-7-17(15(20)9-12)26-13-3-2-8-21-11-13/h1-9,11,22H,10H2. The normalized spacial score (nSPS) is 10.4. The lowest BCUT2D eigenvalue weighted by atomic mass is 10.2. The maximum Gasteiger partial charge on any atom is 0.327 e. The van der Waals surface area contributed by atoms with Crippen LogP contribution >= 0.6 is 0 Å². The number of hydrogen-bond donors (Lipinski definition) is 1. The number of anilines is 1. The van der Waals surface area contributed by atoms with Gasteiger partial charge in [-0.1, -0.05) is 12.1 Å². The van der Waals surface area contributed by atoms with Crippen molar-refractivity contribution < 1.29 is 18.4 Å². The van der Waals surface area contributed by atoms with E-state index >= 15 is 0 Å². The summed E-state index contributed by atoms with van der Waals surface area (Å²) in [6.45, 7) is 0.0778. The van der Waals surface area contributed by atoms with Crippen molar-refractivity contribution >= 4 is 11.4 Å². The molecule has 0 spiro atoms. The van der Waals surface area contributed by atoms with E-state index in [0.29, 0.717) is 11.3 Å². The fourth-order valence-corrected chi connectivity index (χ4v) is 2.31. The number of rotatable bonds is 6. The molecule has 6 nitrogen and oxygen atoms in total. The third-order valence-electron chi connectivity index (χ3n) is 3.51.